The first-order valence-corrected chi connectivity index (χ1v) is 9.75. The molecule has 0 spiro atoms. The van der Waals surface area contributed by atoms with Crippen LogP contribution in [0, 0.1) is 6.92 Å². The highest BCUT2D eigenvalue weighted by atomic mass is 32.1. The van der Waals surface area contributed by atoms with E-state index in [0.717, 1.165) is 40.6 Å². The van der Waals surface area contributed by atoms with Crippen LogP contribution in [0.25, 0.3) is 0 Å². The van der Waals surface area contributed by atoms with Crippen molar-refractivity contribution in [3.63, 3.8) is 0 Å². The predicted molar refractivity (Wildman–Crippen MR) is 105 cm³/mol. The predicted octanol–water partition coefficient (Wildman–Crippen LogP) is 3.28. The summed E-state index contributed by atoms with van der Waals surface area (Å²) in [6.07, 6.45) is 0.312. The van der Waals surface area contributed by atoms with Gasteiger partial charge >= 0.3 is 6.09 Å². The summed E-state index contributed by atoms with van der Waals surface area (Å²) in [4.78, 5) is 24.2. The van der Waals surface area contributed by atoms with Crippen molar-refractivity contribution in [2.45, 2.75) is 39.8 Å². The molecule has 0 radical (unpaired) electrons. The van der Waals surface area contributed by atoms with Crippen LogP contribution in [-0.2, 0) is 17.7 Å². The normalized spacial score (nSPS) is 14.8. The topological polar surface area (TPSA) is 98.8 Å². The molecule has 1 aliphatic heterocycles. The highest BCUT2D eigenvalue weighted by Crippen LogP contribution is 2.35. The lowest BCUT2D eigenvalue weighted by Crippen LogP contribution is -2.25. The van der Waals surface area contributed by atoms with Gasteiger partial charge in [-0.3, -0.25) is 10.1 Å². The number of aromatic nitrogens is 1. The molecule has 8 nitrogen and oxygen atoms in total. The molecule has 0 aliphatic carbocycles. The number of fused-ring (bicyclic) bond motifs is 1. The van der Waals surface area contributed by atoms with Gasteiger partial charge in [0, 0.05) is 24.1 Å². The molecule has 0 saturated heterocycles. The van der Waals surface area contributed by atoms with Crippen LogP contribution in [0.4, 0.5) is 9.80 Å². The van der Waals surface area contributed by atoms with E-state index in [9.17, 15) is 9.59 Å². The maximum absolute atomic E-state index is 12.7. The van der Waals surface area contributed by atoms with Crippen molar-refractivity contribution in [2.75, 3.05) is 19.0 Å². The summed E-state index contributed by atoms with van der Waals surface area (Å²) in [7, 11) is 1.26. The van der Waals surface area contributed by atoms with Crippen LogP contribution in [0.15, 0.2) is 12.1 Å². The van der Waals surface area contributed by atoms with Gasteiger partial charge in [0.25, 0.3) is 5.91 Å². The summed E-state index contributed by atoms with van der Waals surface area (Å²) >= 11 is 1.03. The van der Waals surface area contributed by atoms with Gasteiger partial charge < -0.3 is 19.5 Å². The van der Waals surface area contributed by atoms with Crippen molar-refractivity contribution >= 4 is 28.5 Å². The summed E-state index contributed by atoms with van der Waals surface area (Å²) in [5.41, 5.74) is 2.78. The molecular weight excluding hydrogens is 382 g/mol. The van der Waals surface area contributed by atoms with E-state index < -0.39 is 6.09 Å². The number of anilines is 1. The fourth-order valence-corrected chi connectivity index (χ4v) is 3.82. The van der Waals surface area contributed by atoms with Gasteiger partial charge in [-0.1, -0.05) is 0 Å². The van der Waals surface area contributed by atoms with Gasteiger partial charge in [0.2, 0.25) is 0 Å². The highest BCUT2D eigenvalue weighted by Gasteiger charge is 2.23. The molecule has 2 N–H and O–H groups in total. The number of carbonyl (C=O) groups excluding carboxylic acids is 2. The third-order valence-electron chi connectivity index (χ3n) is 4.31. The second-order valence-electron chi connectivity index (χ2n) is 6.40. The number of methoxy groups -OCH3 is 1. The molecular formula is C19H23N3O5S. The molecule has 1 aliphatic rings. The second-order valence-corrected chi connectivity index (χ2v) is 7.18. The number of hydrogen-bond donors (Lipinski definition) is 2. The lowest BCUT2D eigenvalue weighted by molar-refractivity contribution is 0.0951. The van der Waals surface area contributed by atoms with E-state index in [4.69, 9.17) is 9.47 Å². The van der Waals surface area contributed by atoms with Crippen LogP contribution in [0.1, 0.15) is 41.0 Å². The Bertz CT molecular complexity index is 896. The van der Waals surface area contributed by atoms with Gasteiger partial charge in [0.05, 0.1) is 25.0 Å². The van der Waals surface area contributed by atoms with Gasteiger partial charge in [-0.05, 0) is 44.4 Å². The zero-order valence-corrected chi connectivity index (χ0v) is 17.1. The average molecular weight is 405 g/mol. The summed E-state index contributed by atoms with van der Waals surface area (Å²) in [6, 6.07) is 3.89. The van der Waals surface area contributed by atoms with Gasteiger partial charge in [0.15, 0.2) is 0 Å². The minimum atomic E-state index is -0.652. The molecule has 150 valence electrons. The maximum atomic E-state index is 12.7. The fraction of sp³-hybridized carbons (Fsp3) is 0.421. The third-order valence-corrected chi connectivity index (χ3v) is 5.16. The zero-order chi connectivity index (χ0) is 20.3. The van der Waals surface area contributed by atoms with E-state index in [1.165, 1.54) is 7.11 Å². The number of carbonyl (C=O) groups is 2. The molecule has 1 aromatic carbocycles. The van der Waals surface area contributed by atoms with Gasteiger partial charge in [0.1, 0.15) is 22.6 Å². The SMILES string of the molecule is CCOc1cc2c(cc1CNC(=O)c1c(C)nsc1NC(=O)OC)O[C@@H](C)C2. The molecule has 1 aromatic heterocycles. The Morgan fingerprint density at radius 1 is 1.39 bits per heavy atom. The first-order valence-electron chi connectivity index (χ1n) is 8.97. The van der Waals surface area contributed by atoms with Crippen LogP contribution in [-0.4, -0.2) is 36.2 Å². The Balaban J connectivity index is 1.77. The average Bonchev–Trinajstić information content (AvgIpc) is 3.20. The van der Waals surface area contributed by atoms with Crippen molar-refractivity contribution in [3.8, 4) is 11.5 Å². The second kappa shape index (κ2) is 8.47. The lowest BCUT2D eigenvalue weighted by Gasteiger charge is -2.13. The lowest BCUT2D eigenvalue weighted by atomic mass is 10.1. The minimum absolute atomic E-state index is 0.126. The number of rotatable bonds is 6. The third kappa shape index (κ3) is 4.19. The number of aryl methyl sites for hydroxylation is 1. The molecule has 3 rings (SSSR count). The molecule has 2 amide bonds. The molecule has 0 bridgehead atoms. The Kier molecular flexibility index (Phi) is 6.03. The van der Waals surface area contributed by atoms with Crippen molar-refractivity contribution in [1.29, 1.82) is 0 Å². The van der Waals surface area contributed by atoms with Crippen LogP contribution in [0.2, 0.25) is 0 Å². The summed E-state index contributed by atoms with van der Waals surface area (Å²) < 4.78 is 20.3. The Morgan fingerprint density at radius 3 is 2.89 bits per heavy atom. The Morgan fingerprint density at radius 2 is 2.18 bits per heavy atom. The molecule has 0 saturated carbocycles. The number of amides is 2. The van der Waals surface area contributed by atoms with E-state index in [1.807, 2.05) is 26.0 Å². The minimum Gasteiger partial charge on any atom is -0.494 e. The van der Waals surface area contributed by atoms with Crippen LogP contribution < -0.4 is 20.1 Å². The van der Waals surface area contributed by atoms with Crippen LogP contribution in [0.5, 0.6) is 11.5 Å². The standard InChI is InChI=1S/C19H23N3O5S/c1-5-26-14-7-12-6-10(2)27-15(12)8-13(14)9-20-17(23)16-11(3)22-28-18(16)21-19(24)25-4/h7-8,10H,5-6,9H2,1-4H3,(H,20,23)(H,21,24)/t10-/m0/s1. The van der Waals surface area contributed by atoms with Crippen molar-refractivity contribution in [3.05, 3.63) is 34.5 Å². The van der Waals surface area contributed by atoms with Crippen molar-refractivity contribution in [2.24, 2.45) is 0 Å². The van der Waals surface area contributed by atoms with Gasteiger partial charge in [-0.25, -0.2) is 4.79 Å². The van der Waals surface area contributed by atoms with Crippen molar-refractivity contribution < 1.29 is 23.8 Å². The van der Waals surface area contributed by atoms with E-state index in [-0.39, 0.29) is 18.6 Å². The Labute approximate surface area is 167 Å². The zero-order valence-electron chi connectivity index (χ0n) is 16.3. The number of nitrogens with one attached hydrogen (secondary N) is 2. The monoisotopic (exact) mass is 405 g/mol. The van der Waals surface area contributed by atoms with E-state index in [1.54, 1.807) is 6.92 Å². The van der Waals surface area contributed by atoms with Gasteiger partial charge in [-0.15, -0.1) is 0 Å². The van der Waals surface area contributed by atoms with Crippen LogP contribution >= 0.6 is 11.5 Å². The number of hydrogen-bond acceptors (Lipinski definition) is 7. The molecule has 28 heavy (non-hydrogen) atoms. The van der Waals surface area contributed by atoms with Crippen LogP contribution in [0.3, 0.4) is 0 Å². The molecule has 2 aromatic rings. The molecule has 0 fully saturated rings. The summed E-state index contributed by atoms with van der Waals surface area (Å²) in [5, 5.41) is 5.74. The quantitative estimate of drug-likeness (QED) is 0.765. The highest BCUT2D eigenvalue weighted by molar-refractivity contribution is 7.11. The molecule has 0 unspecified atom stereocenters. The largest absolute Gasteiger partial charge is 0.494 e. The summed E-state index contributed by atoms with van der Waals surface area (Å²) in [5.74, 6) is 1.21. The first-order chi connectivity index (χ1) is 13.4. The molecule has 9 heteroatoms. The van der Waals surface area contributed by atoms with E-state index in [2.05, 4.69) is 19.7 Å². The van der Waals surface area contributed by atoms with Gasteiger partial charge in [-0.2, -0.15) is 4.37 Å². The summed E-state index contributed by atoms with van der Waals surface area (Å²) in [6.45, 7) is 6.43. The maximum Gasteiger partial charge on any atom is 0.412 e. The number of ether oxygens (including phenoxy) is 3. The Hall–Kier alpha value is -2.81. The fourth-order valence-electron chi connectivity index (χ4n) is 3.04. The van der Waals surface area contributed by atoms with E-state index in [0.29, 0.717) is 22.9 Å². The van der Waals surface area contributed by atoms with Crippen molar-refractivity contribution in [1.82, 2.24) is 9.69 Å². The smallest absolute Gasteiger partial charge is 0.412 e. The van der Waals surface area contributed by atoms with E-state index >= 15 is 0 Å². The molecule has 2 heterocycles. The molecule has 1 atom stereocenters. The number of nitrogens with zero attached hydrogens (tertiary/aromatic N) is 1. The number of benzene rings is 1. The first kappa shape index (κ1) is 19.9.